The van der Waals surface area contributed by atoms with E-state index in [1.165, 1.54) is 0 Å². The molecule has 0 bridgehead atoms. The van der Waals surface area contributed by atoms with Crippen molar-refractivity contribution in [2.24, 2.45) is 11.3 Å². The van der Waals surface area contributed by atoms with Crippen LogP contribution >= 0.6 is 0 Å². The van der Waals surface area contributed by atoms with Crippen LogP contribution in [-0.2, 0) is 14.3 Å². The fraction of sp³-hybridized carbons (Fsp3) is 1.00. The lowest BCUT2D eigenvalue weighted by Crippen LogP contribution is -2.37. The van der Waals surface area contributed by atoms with Crippen molar-refractivity contribution in [2.75, 3.05) is 33.5 Å². The largest absolute Gasteiger partial charge is 0.384 e. The van der Waals surface area contributed by atoms with Crippen molar-refractivity contribution in [3.8, 4) is 0 Å². The van der Waals surface area contributed by atoms with Crippen LogP contribution in [0.1, 0.15) is 26.7 Å². The summed E-state index contributed by atoms with van der Waals surface area (Å²) in [5, 5.41) is 0. The number of hydrogen-bond acceptors (Lipinski definition) is 4. The van der Waals surface area contributed by atoms with Crippen molar-refractivity contribution in [1.29, 1.82) is 0 Å². The summed E-state index contributed by atoms with van der Waals surface area (Å²) in [6, 6.07) is 0. The standard InChI is InChI=1S/C10H23NO3/c1-4-6-13-8-10(5-2,7-12-3)9-14-11/h4-9,11H2,1-3H3. The number of rotatable bonds is 9. The van der Waals surface area contributed by atoms with Gasteiger partial charge in [0.2, 0.25) is 0 Å². The fourth-order valence-electron chi connectivity index (χ4n) is 1.35. The zero-order valence-electron chi connectivity index (χ0n) is 9.54. The molecule has 4 nitrogen and oxygen atoms in total. The predicted octanol–water partition coefficient (Wildman–Crippen LogP) is 1.35. The summed E-state index contributed by atoms with van der Waals surface area (Å²) in [6.07, 6.45) is 1.96. The number of methoxy groups -OCH3 is 1. The van der Waals surface area contributed by atoms with E-state index in [0.717, 1.165) is 19.4 Å². The number of ether oxygens (including phenoxy) is 2. The molecule has 0 saturated heterocycles. The summed E-state index contributed by atoms with van der Waals surface area (Å²) in [4.78, 5) is 4.72. The van der Waals surface area contributed by atoms with Gasteiger partial charge in [-0.25, -0.2) is 5.90 Å². The Balaban J connectivity index is 4.03. The molecular weight excluding hydrogens is 182 g/mol. The van der Waals surface area contributed by atoms with Gasteiger partial charge in [-0.2, -0.15) is 0 Å². The van der Waals surface area contributed by atoms with Gasteiger partial charge in [-0.05, 0) is 12.8 Å². The first-order valence-corrected chi connectivity index (χ1v) is 5.13. The van der Waals surface area contributed by atoms with Crippen molar-refractivity contribution < 1.29 is 14.3 Å². The van der Waals surface area contributed by atoms with E-state index in [1.807, 2.05) is 0 Å². The summed E-state index contributed by atoms with van der Waals surface area (Å²) in [7, 11) is 1.68. The SMILES string of the molecule is CCCOCC(CC)(COC)CON. The van der Waals surface area contributed by atoms with Gasteiger partial charge in [0.05, 0.1) is 19.8 Å². The molecule has 0 rings (SSSR count). The molecule has 0 spiro atoms. The minimum absolute atomic E-state index is 0.0985. The summed E-state index contributed by atoms with van der Waals surface area (Å²) >= 11 is 0. The van der Waals surface area contributed by atoms with E-state index < -0.39 is 0 Å². The van der Waals surface area contributed by atoms with E-state index in [9.17, 15) is 0 Å². The maximum absolute atomic E-state index is 5.53. The van der Waals surface area contributed by atoms with Crippen LogP contribution in [0.15, 0.2) is 0 Å². The monoisotopic (exact) mass is 205 g/mol. The molecule has 0 aliphatic rings. The molecule has 0 heterocycles. The van der Waals surface area contributed by atoms with Crippen LogP contribution in [0, 0.1) is 5.41 Å². The first kappa shape index (κ1) is 13.8. The molecule has 0 aliphatic heterocycles. The van der Waals surface area contributed by atoms with Crippen molar-refractivity contribution in [2.45, 2.75) is 26.7 Å². The minimum atomic E-state index is -0.0985. The minimum Gasteiger partial charge on any atom is -0.384 e. The molecule has 1 unspecified atom stereocenters. The molecule has 0 radical (unpaired) electrons. The van der Waals surface area contributed by atoms with Crippen LogP contribution in [0.3, 0.4) is 0 Å². The Hall–Kier alpha value is -0.160. The second kappa shape index (κ2) is 8.17. The van der Waals surface area contributed by atoms with Gasteiger partial charge in [-0.3, -0.25) is 0 Å². The van der Waals surface area contributed by atoms with Crippen molar-refractivity contribution in [3.05, 3.63) is 0 Å². The highest BCUT2D eigenvalue weighted by molar-refractivity contribution is 4.77. The van der Waals surface area contributed by atoms with Crippen LogP contribution in [0.2, 0.25) is 0 Å². The van der Waals surface area contributed by atoms with Crippen LogP contribution in [0.25, 0.3) is 0 Å². The third-order valence-corrected chi connectivity index (χ3v) is 2.35. The summed E-state index contributed by atoms with van der Waals surface area (Å²) < 4.78 is 10.7. The average molecular weight is 205 g/mol. The van der Waals surface area contributed by atoms with Crippen LogP contribution < -0.4 is 5.90 Å². The first-order chi connectivity index (χ1) is 6.74. The van der Waals surface area contributed by atoms with Crippen molar-refractivity contribution in [3.63, 3.8) is 0 Å². The number of hydrogen-bond donors (Lipinski definition) is 1. The Kier molecular flexibility index (Phi) is 8.08. The second-order valence-corrected chi connectivity index (χ2v) is 3.65. The molecule has 0 aromatic heterocycles. The molecular formula is C10H23NO3. The van der Waals surface area contributed by atoms with E-state index in [-0.39, 0.29) is 5.41 Å². The zero-order valence-corrected chi connectivity index (χ0v) is 9.54. The van der Waals surface area contributed by atoms with Gasteiger partial charge in [0.15, 0.2) is 0 Å². The number of nitrogens with two attached hydrogens (primary N) is 1. The van der Waals surface area contributed by atoms with E-state index in [1.54, 1.807) is 7.11 Å². The van der Waals surface area contributed by atoms with Gasteiger partial charge in [0.1, 0.15) is 0 Å². The zero-order chi connectivity index (χ0) is 10.9. The van der Waals surface area contributed by atoms with Gasteiger partial charge in [-0.1, -0.05) is 13.8 Å². The molecule has 2 N–H and O–H groups in total. The van der Waals surface area contributed by atoms with Gasteiger partial charge >= 0.3 is 0 Å². The van der Waals surface area contributed by atoms with Crippen LogP contribution in [0.5, 0.6) is 0 Å². The summed E-state index contributed by atoms with van der Waals surface area (Å²) in [5.41, 5.74) is -0.0985. The molecule has 0 fully saturated rings. The van der Waals surface area contributed by atoms with Gasteiger partial charge in [0.25, 0.3) is 0 Å². The Morgan fingerprint density at radius 2 is 1.86 bits per heavy atom. The lowest BCUT2D eigenvalue weighted by atomic mass is 9.88. The molecule has 14 heavy (non-hydrogen) atoms. The fourth-order valence-corrected chi connectivity index (χ4v) is 1.35. The van der Waals surface area contributed by atoms with Crippen LogP contribution in [0.4, 0.5) is 0 Å². The second-order valence-electron chi connectivity index (χ2n) is 3.65. The molecule has 4 heteroatoms. The molecule has 0 aromatic carbocycles. The Labute approximate surface area is 86.7 Å². The van der Waals surface area contributed by atoms with E-state index >= 15 is 0 Å². The maximum Gasteiger partial charge on any atom is 0.0779 e. The topological polar surface area (TPSA) is 53.7 Å². The van der Waals surface area contributed by atoms with E-state index in [0.29, 0.717) is 19.8 Å². The molecule has 86 valence electrons. The molecule has 1 atom stereocenters. The Morgan fingerprint density at radius 1 is 1.14 bits per heavy atom. The lowest BCUT2D eigenvalue weighted by Gasteiger charge is -2.30. The highest BCUT2D eigenvalue weighted by Gasteiger charge is 2.29. The predicted molar refractivity (Wildman–Crippen MR) is 55.8 cm³/mol. The highest BCUT2D eigenvalue weighted by atomic mass is 16.6. The van der Waals surface area contributed by atoms with Crippen molar-refractivity contribution >= 4 is 0 Å². The van der Waals surface area contributed by atoms with Gasteiger partial charge < -0.3 is 14.3 Å². The third-order valence-electron chi connectivity index (χ3n) is 2.35. The lowest BCUT2D eigenvalue weighted by molar-refractivity contribution is -0.0632. The molecule has 0 aliphatic carbocycles. The van der Waals surface area contributed by atoms with Crippen molar-refractivity contribution in [1.82, 2.24) is 0 Å². The average Bonchev–Trinajstić information content (AvgIpc) is 2.19. The molecule has 0 aromatic rings. The summed E-state index contributed by atoms with van der Waals surface area (Å²) in [5.74, 6) is 5.11. The highest BCUT2D eigenvalue weighted by Crippen LogP contribution is 2.23. The first-order valence-electron chi connectivity index (χ1n) is 5.13. The third kappa shape index (κ3) is 4.91. The molecule has 0 amide bonds. The maximum atomic E-state index is 5.53. The van der Waals surface area contributed by atoms with Gasteiger partial charge in [0, 0.05) is 19.1 Å². The smallest absolute Gasteiger partial charge is 0.0779 e. The van der Waals surface area contributed by atoms with Gasteiger partial charge in [-0.15, -0.1) is 0 Å². The Bertz CT molecular complexity index is 125. The quantitative estimate of drug-likeness (QED) is 0.456. The van der Waals surface area contributed by atoms with E-state index in [2.05, 4.69) is 13.8 Å². The van der Waals surface area contributed by atoms with Crippen LogP contribution in [-0.4, -0.2) is 33.5 Å². The summed E-state index contributed by atoms with van der Waals surface area (Å²) in [6.45, 7) is 6.68. The van der Waals surface area contributed by atoms with E-state index in [4.69, 9.17) is 20.2 Å². The normalized spacial score (nSPS) is 15.4. The Morgan fingerprint density at radius 3 is 2.29 bits per heavy atom. The molecule has 0 saturated carbocycles.